The molecule has 2 saturated heterocycles. The maximum absolute atomic E-state index is 6.61. The van der Waals surface area contributed by atoms with E-state index >= 15 is 0 Å². The SMILES string of the molecule is COC(C1CC(CS)OC1C)C1(OCC2CCC(C)O2)C=CC=CCC1. The molecule has 3 aliphatic rings. The summed E-state index contributed by atoms with van der Waals surface area (Å²) in [7, 11) is 1.80. The monoisotopic (exact) mass is 382 g/mol. The second kappa shape index (κ2) is 9.24. The third kappa shape index (κ3) is 4.56. The number of hydrogen-bond acceptors (Lipinski definition) is 5. The molecule has 0 aromatic carbocycles. The van der Waals surface area contributed by atoms with E-state index in [0.29, 0.717) is 18.6 Å². The highest BCUT2D eigenvalue weighted by molar-refractivity contribution is 7.80. The van der Waals surface area contributed by atoms with Crippen LogP contribution in [0, 0.1) is 5.92 Å². The van der Waals surface area contributed by atoms with Gasteiger partial charge in [-0.05, 0) is 46.0 Å². The van der Waals surface area contributed by atoms with Crippen molar-refractivity contribution in [3.8, 4) is 0 Å². The molecule has 1 aliphatic carbocycles. The summed E-state index contributed by atoms with van der Waals surface area (Å²) in [4.78, 5) is 0. The van der Waals surface area contributed by atoms with Crippen LogP contribution in [0.25, 0.3) is 0 Å². The predicted octanol–water partition coefficient (Wildman–Crippen LogP) is 3.95. The lowest BCUT2D eigenvalue weighted by Crippen LogP contribution is -2.51. The lowest BCUT2D eigenvalue weighted by atomic mass is 9.79. The average molecular weight is 383 g/mol. The van der Waals surface area contributed by atoms with Gasteiger partial charge in [0.25, 0.3) is 0 Å². The van der Waals surface area contributed by atoms with Gasteiger partial charge in [0.15, 0.2) is 0 Å². The zero-order valence-electron chi connectivity index (χ0n) is 16.3. The lowest BCUT2D eigenvalue weighted by Gasteiger charge is -2.41. The first-order valence-electron chi connectivity index (χ1n) is 10.0. The Morgan fingerprint density at radius 3 is 2.69 bits per heavy atom. The van der Waals surface area contributed by atoms with Crippen LogP contribution in [0.15, 0.2) is 24.3 Å². The van der Waals surface area contributed by atoms with E-state index in [1.807, 2.05) is 0 Å². The Labute approximate surface area is 163 Å². The molecule has 0 saturated carbocycles. The van der Waals surface area contributed by atoms with Crippen LogP contribution in [-0.2, 0) is 18.9 Å². The molecule has 7 atom stereocenters. The molecule has 5 heteroatoms. The van der Waals surface area contributed by atoms with E-state index in [1.165, 1.54) is 0 Å². The molecule has 0 aromatic rings. The van der Waals surface area contributed by atoms with Gasteiger partial charge >= 0.3 is 0 Å². The van der Waals surface area contributed by atoms with Crippen LogP contribution in [0.3, 0.4) is 0 Å². The van der Waals surface area contributed by atoms with Crippen LogP contribution in [0.2, 0.25) is 0 Å². The molecular formula is C21H34O4S. The van der Waals surface area contributed by atoms with E-state index in [1.54, 1.807) is 7.11 Å². The van der Waals surface area contributed by atoms with Crippen LogP contribution in [0.5, 0.6) is 0 Å². The Balaban J connectivity index is 1.77. The predicted molar refractivity (Wildman–Crippen MR) is 107 cm³/mol. The normalized spacial score (nSPS) is 41.5. The van der Waals surface area contributed by atoms with Crippen LogP contribution in [-0.4, -0.2) is 55.6 Å². The fraction of sp³-hybridized carbons (Fsp3) is 0.810. The number of hydrogen-bond donors (Lipinski definition) is 1. The van der Waals surface area contributed by atoms with Gasteiger partial charge in [-0.2, -0.15) is 12.6 Å². The van der Waals surface area contributed by atoms with Gasteiger partial charge in [-0.25, -0.2) is 0 Å². The molecule has 2 heterocycles. The average Bonchev–Trinajstić information content (AvgIpc) is 3.13. The summed E-state index contributed by atoms with van der Waals surface area (Å²) in [6.45, 7) is 4.90. The first-order valence-corrected chi connectivity index (χ1v) is 10.6. The molecular weight excluding hydrogens is 348 g/mol. The minimum Gasteiger partial charge on any atom is -0.378 e. The summed E-state index contributed by atoms with van der Waals surface area (Å²) in [5.74, 6) is 1.04. The molecule has 4 nitrogen and oxygen atoms in total. The summed E-state index contributed by atoms with van der Waals surface area (Å²) in [6, 6.07) is 0. The lowest BCUT2D eigenvalue weighted by molar-refractivity contribution is -0.155. The van der Waals surface area contributed by atoms with Crippen molar-refractivity contribution in [1.82, 2.24) is 0 Å². The molecule has 2 aliphatic heterocycles. The summed E-state index contributed by atoms with van der Waals surface area (Å²) >= 11 is 4.43. The smallest absolute Gasteiger partial charge is 0.113 e. The van der Waals surface area contributed by atoms with Gasteiger partial charge in [-0.1, -0.05) is 24.3 Å². The number of methoxy groups -OCH3 is 1. The fourth-order valence-electron chi connectivity index (χ4n) is 4.66. The Morgan fingerprint density at radius 1 is 1.19 bits per heavy atom. The van der Waals surface area contributed by atoms with E-state index in [-0.39, 0.29) is 24.4 Å². The summed E-state index contributed by atoms with van der Waals surface area (Å²) in [5, 5.41) is 0. The van der Waals surface area contributed by atoms with Gasteiger partial charge in [0.1, 0.15) is 5.60 Å². The van der Waals surface area contributed by atoms with E-state index in [0.717, 1.165) is 37.9 Å². The first kappa shape index (κ1) is 20.4. The van der Waals surface area contributed by atoms with Crippen molar-refractivity contribution < 1.29 is 18.9 Å². The number of rotatable bonds is 7. The number of allylic oxidation sites excluding steroid dienone is 3. The van der Waals surface area contributed by atoms with Gasteiger partial charge in [0.05, 0.1) is 37.1 Å². The highest BCUT2D eigenvalue weighted by Crippen LogP contribution is 2.40. The Kier molecular flexibility index (Phi) is 7.25. The first-order chi connectivity index (χ1) is 12.6. The van der Waals surface area contributed by atoms with Gasteiger partial charge in [-0.3, -0.25) is 0 Å². The van der Waals surface area contributed by atoms with E-state index < -0.39 is 5.60 Å². The minimum absolute atomic E-state index is 0.0441. The topological polar surface area (TPSA) is 36.9 Å². The second-order valence-corrected chi connectivity index (χ2v) is 8.30. The van der Waals surface area contributed by atoms with Crippen molar-refractivity contribution in [3.63, 3.8) is 0 Å². The number of thiol groups is 1. The van der Waals surface area contributed by atoms with E-state index in [9.17, 15) is 0 Å². The summed E-state index contributed by atoms with van der Waals surface area (Å²) in [5.41, 5.74) is -0.443. The van der Waals surface area contributed by atoms with E-state index in [2.05, 4.69) is 50.8 Å². The summed E-state index contributed by atoms with van der Waals surface area (Å²) in [6.07, 6.45) is 14.5. The Morgan fingerprint density at radius 2 is 2.04 bits per heavy atom. The maximum atomic E-state index is 6.61. The van der Waals surface area contributed by atoms with Crippen molar-refractivity contribution in [2.75, 3.05) is 19.5 Å². The summed E-state index contributed by atoms with van der Waals surface area (Å²) < 4.78 is 24.8. The maximum Gasteiger partial charge on any atom is 0.113 e. The highest BCUT2D eigenvalue weighted by Gasteiger charge is 2.48. The molecule has 3 rings (SSSR count). The standard InChI is InChI=1S/C21H34O4S/c1-15-8-9-17(24-15)13-23-21(10-6-4-5-7-11-21)20(22-3)19-12-18(14-26)25-16(19)2/h4-6,10,15-20,26H,7-9,11-14H2,1-3H3. The second-order valence-electron chi connectivity index (χ2n) is 7.94. The Hall–Kier alpha value is -0.330. The van der Waals surface area contributed by atoms with Gasteiger partial charge in [0.2, 0.25) is 0 Å². The highest BCUT2D eigenvalue weighted by atomic mass is 32.1. The quantitative estimate of drug-likeness (QED) is 0.677. The van der Waals surface area contributed by atoms with Crippen LogP contribution in [0.4, 0.5) is 0 Å². The van der Waals surface area contributed by atoms with Crippen molar-refractivity contribution >= 4 is 12.6 Å². The van der Waals surface area contributed by atoms with Crippen molar-refractivity contribution in [2.24, 2.45) is 5.92 Å². The van der Waals surface area contributed by atoms with Gasteiger partial charge < -0.3 is 18.9 Å². The molecule has 0 spiro atoms. The minimum atomic E-state index is -0.443. The van der Waals surface area contributed by atoms with Crippen molar-refractivity contribution in [3.05, 3.63) is 24.3 Å². The molecule has 0 radical (unpaired) electrons. The molecule has 2 fully saturated rings. The molecule has 0 aromatic heterocycles. The zero-order valence-corrected chi connectivity index (χ0v) is 17.2. The van der Waals surface area contributed by atoms with Crippen molar-refractivity contribution in [1.29, 1.82) is 0 Å². The van der Waals surface area contributed by atoms with Crippen LogP contribution < -0.4 is 0 Å². The molecule has 0 amide bonds. The van der Waals surface area contributed by atoms with E-state index in [4.69, 9.17) is 18.9 Å². The van der Waals surface area contributed by atoms with Gasteiger partial charge in [0, 0.05) is 18.8 Å². The third-order valence-electron chi connectivity index (χ3n) is 6.06. The van der Waals surface area contributed by atoms with Gasteiger partial charge in [-0.15, -0.1) is 0 Å². The fourth-order valence-corrected chi connectivity index (χ4v) is 4.90. The van der Waals surface area contributed by atoms with Crippen molar-refractivity contribution in [2.45, 2.75) is 82.1 Å². The number of ether oxygens (including phenoxy) is 4. The molecule has 26 heavy (non-hydrogen) atoms. The molecule has 7 unspecified atom stereocenters. The zero-order chi connectivity index (χ0) is 18.6. The molecule has 148 valence electrons. The third-order valence-corrected chi connectivity index (χ3v) is 6.47. The van der Waals surface area contributed by atoms with Crippen LogP contribution in [0.1, 0.15) is 46.0 Å². The molecule has 0 bridgehead atoms. The Bertz CT molecular complexity index is 508. The molecule has 0 N–H and O–H groups in total. The van der Waals surface area contributed by atoms with Crippen LogP contribution >= 0.6 is 12.6 Å². The largest absolute Gasteiger partial charge is 0.378 e.